The molecule has 0 radical (unpaired) electrons. The van der Waals surface area contributed by atoms with Crippen LogP contribution in [0.5, 0.6) is 0 Å². The predicted molar refractivity (Wildman–Crippen MR) is 109 cm³/mol. The molecule has 0 atom stereocenters. The number of fused-ring (bicyclic) bond motifs is 4. The van der Waals surface area contributed by atoms with Gasteiger partial charge in [-0.3, -0.25) is 0 Å². The molecule has 4 N–H and O–H groups in total. The van der Waals surface area contributed by atoms with Crippen LogP contribution in [0.15, 0.2) is 40.1 Å². The fraction of sp³-hybridized carbons (Fsp3) is 0.333. The molecule has 144 valence electrons. The molecule has 2 aromatic rings. The number of aromatic nitrogens is 2. The lowest BCUT2D eigenvalue weighted by Gasteiger charge is -2.15. The van der Waals surface area contributed by atoms with Crippen LogP contribution in [0.2, 0.25) is 0 Å². The Morgan fingerprint density at radius 2 is 1.93 bits per heavy atom. The lowest BCUT2D eigenvalue weighted by atomic mass is 10.00. The van der Waals surface area contributed by atoms with Gasteiger partial charge < -0.3 is 15.9 Å². The Morgan fingerprint density at radius 1 is 1.14 bits per heavy atom. The van der Waals surface area contributed by atoms with Gasteiger partial charge in [-0.15, -0.1) is 0 Å². The van der Waals surface area contributed by atoms with E-state index in [-0.39, 0.29) is 13.2 Å². The highest BCUT2D eigenvalue weighted by atomic mass is 16.3. The molecule has 7 heteroatoms. The molecule has 2 aliphatic rings. The van der Waals surface area contributed by atoms with Gasteiger partial charge in [0.15, 0.2) is 0 Å². The second-order valence-corrected chi connectivity index (χ2v) is 6.88. The van der Waals surface area contributed by atoms with Crippen LogP contribution in [0.25, 0.3) is 17.1 Å². The van der Waals surface area contributed by atoms with Crippen LogP contribution >= 0.6 is 0 Å². The van der Waals surface area contributed by atoms with E-state index in [4.69, 9.17) is 15.7 Å². The van der Waals surface area contributed by atoms with Crippen LogP contribution in [0.3, 0.4) is 0 Å². The van der Waals surface area contributed by atoms with Gasteiger partial charge in [-0.2, -0.15) is 0 Å². The Bertz CT molecular complexity index is 1130. The fourth-order valence-corrected chi connectivity index (χ4v) is 3.64. The summed E-state index contributed by atoms with van der Waals surface area (Å²) >= 11 is 0. The molecule has 7 nitrogen and oxygen atoms in total. The summed E-state index contributed by atoms with van der Waals surface area (Å²) in [5.41, 5.74) is 10.7. The zero-order valence-electron chi connectivity index (χ0n) is 15.6. The molecule has 2 heterocycles. The van der Waals surface area contributed by atoms with Crippen LogP contribution in [-0.2, 0) is 12.8 Å². The summed E-state index contributed by atoms with van der Waals surface area (Å²) in [6.45, 7) is -0.400. The molecular formula is C21H23N5O2. The van der Waals surface area contributed by atoms with Gasteiger partial charge in [0.25, 0.3) is 0 Å². The number of aliphatic hydroxyl groups excluding tert-OH is 2. The van der Waals surface area contributed by atoms with Crippen molar-refractivity contribution in [3.63, 3.8) is 0 Å². The van der Waals surface area contributed by atoms with Crippen LogP contribution in [0.1, 0.15) is 30.7 Å². The zero-order valence-corrected chi connectivity index (χ0v) is 15.6. The maximum atomic E-state index is 9.61. The van der Waals surface area contributed by atoms with Gasteiger partial charge in [0.1, 0.15) is 0 Å². The number of nitrogens with two attached hydrogens (primary N) is 1. The molecule has 0 saturated heterocycles. The van der Waals surface area contributed by atoms with Crippen molar-refractivity contribution >= 4 is 28.5 Å². The molecule has 4 rings (SSSR count). The molecule has 0 spiro atoms. The molecule has 1 aliphatic heterocycles. The van der Waals surface area contributed by atoms with Crippen molar-refractivity contribution < 1.29 is 10.2 Å². The Kier molecular flexibility index (Phi) is 5.27. The maximum Gasteiger partial charge on any atom is 0.0982 e. The van der Waals surface area contributed by atoms with Crippen molar-refractivity contribution in [1.29, 1.82) is 0 Å². The first-order valence-electron chi connectivity index (χ1n) is 9.51. The lowest BCUT2D eigenvalue weighted by molar-refractivity contribution is 0.329. The summed E-state index contributed by atoms with van der Waals surface area (Å²) in [7, 11) is 0. The van der Waals surface area contributed by atoms with Crippen molar-refractivity contribution in [1.82, 2.24) is 9.97 Å². The smallest absolute Gasteiger partial charge is 0.0982 e. The Morgan fingerprint density at radius 3 is 2.64 bits per heavy atom. The minimum Gasteiger partial charge on any atom is -0.405 e. The van der Waals surface area contributed by atoms with E-state index < -0.39 is 0 Å². The third kappa shape index (κ3) is 3.46. The van der Waals surface area contributed by atoms with E-state index in [0.717, 1.165) is 53.3 Å². The van der Waals surface area contributed by atoms with Crippen molar-refractivity contribution in [2.24, 2.45) is 15.7 Å². The van der Waals surface area contributed by atoms with Gasteiger partial charge in [0, 0.05) is 5.22 Å². The number of hydrogen-bond acceptors (Lipinski definition) is 7. The number of aliphatic imine (C=N–C) groups is 1. The van der Waals surface area contributed by atoms with Crippen molar-refractivity contribution in [2.75, 3.05) is 13.2 Å². The number of aryl methyl sites for hydroxylation is 2. The molecule has 1 aliphatic carbocycles. The standard InChI is InChI=1S/C21H23N5O2/c22-9-8-14(12-28)23-18-10-19-21(26-17-7-2-1-6-16(17)25-19)15-5-3-4-13(11-27)24-20(15)18/h4-5,8-10,27-28H,1-3,6-7,11-12,22H2/b9-8-,23-14?. The summed E-state index contributed by atoms with van der Waals surface area (Å²) in [5, 5.41) is 20.7. The summed E-state index contributed by atoms with van der Waals surface area (Å²) in [4.78, 5) is 19.0. The van der Waals surface area contributed by atoms with Crippen LogP contribution in [-0.4, -0.2) is 39.1 Å². The summed E-state index contributed by atoms with van der Waals surface area (Å²) in [6.07, 6.45) is 11.6. The van der Waals surface area contributed by atoms with Crippen molar-refractivity contribution in [3.05, 3.63) is 52.1 Å². The van der Waals surface area contributed by atoms with Crippen LogP contribution in [0, 0.1) is 0 Å². The molecule has 1 aromatic carbocycles. The normalized spacial score (nSPS) is 16.8. The number of benzene rings is 1. The van der Waals surface area contributed by atoms with E-state index in [9.17, 15) is 10.2 Å². The van der Waals surface area contributed by atoms with E-state index in [1.54, 1.807) is 6.08 Å². The highest BCUT2D eigenvalue weighted by molar-refractivity contribution is 5.98. The van der Waals surface area contributed by atoms with E-state index >= 15 is 0 Å². The average Bonchev–Trinajstić information content (AvgIpc) is 2.95. The average molecular weight is 377 g/mol. The Hall–Kier alpha value is -2.90. The minimum atomic E-state index is -0.247. The molecule has 0 amide bonds. The largest absolute Gasteiger partial charge is 0.405 e. The van der Waals surface area contributed by atoms with Gasteiger partial charge in [-0.1, -0.05) is 12.2 Å². The van der Waals surface area contributed by atoms with Gasteiger partial charge in [0.2, 0.25) is 0 Å². The van der Waals surface area contributed by atoms with Crippen molar-refractivity contribution in [2.45, 2.75) is 32.1 Å². The monoisotopic (exact) mass is 377 g/mol. The Balaban J connectivity index is 2.07. The van der Waals surface area contributed by atoms with E-state index in [0.29, 0.717) is 28.9 Å². The zero-order chi connectivity index (χ0) is 19.5. The highest BCUT2D eigenvalue weighted by Crippen LogP contribution is 2.21. The van der Waals surface area contributed by atoms with E-state index in [1.165, 1.54) is 6.20 Å². The first-order valence-corrected chi connectivity index (χ1v) is 9.51. The fourth-order valence-electron chi connectivity index (χ4n) is 3.64. The van der Waals surface area contributed by atoms with E-state index in [2.05, 4.69) is 9.98 Å². The lowest BCUT2D eigenvalue weighted by Crippen LogP contribution is -2.28. The highest BCUT2D eigenvalue weighted by Gasteiger charge is 2.16. The molecule has 28 heavy (non-hydrogen) atoms. The second kappa shape index (κ2) is 8.00. The molecule has 1 aromatic heterocycles. The first-order chi connectivity index (χ1) is 13.7. The van der Waals surface area contributed by atoms with Crippen LogP contribution in [0.4, 0.5) is 5.69 Å². The quantitative estimate of drug-likeness (QED) is 0.679. The third-order valence-corrected chi connectivity index (χ3v) is 4.99. The molecule has 0 saturated carbocycles. The molecule has 0 fully saturated rings. The maximum absolute atomic E-state index is 9.61. The topological polar surface area (TPSA) is 117 Å². The second-order valence-electron chi connectivity index (χ2n) is 6.88. The third-order valence-electron chi connectivity index (χ3n) is 4.99. The van der Waals surface area contributed by atoms with Gasteiger partial charge in [-0.25, -0.2) is 20.0 Å². The minimum absolute atomic E-state index is 0.153. The SMILES string of the molecule is N/C=C\C(CO)=Nc1cc2nc3c(nc2c2c1=NC(CO)=CCC=2)CCCC3. The summed E-state index contributed by atoms with van der Waals surface area (Å²) < 4.78 is 0. The molecule has 0 bridgehead atoms. The van der Waals surface area contributed by atoms with Crippen molar-refractivity contribution in [3.8, 4) is 0 Å². The van der Waals surface area contributed by atoms with Gasteiger partial charge in [0.05, 0.1) is 58.1 Å². The number of allylic oxidation sites excluding steroid dienone is 1. The molecule has 0 unspecified atom stereocenters. The summed E-state index contributed by atoms with van der Waals surface area (Å²) in [6, 6.07) is 1.85. The van der Waals surface area contributed by atoms with Gasteiger partial charge >= 0.3 is 0 Å². The van der Waals surface area contributed by atoms with E-state index in [1.807, 2.05) is 18.2 Å². The summed E-state index contributed by atoms with van der Waals surface area (Å²) in [5.74, 6) is 0. The number of hydrogen-bond donors (Lipinski definition) is 3. The number of rotatable bonds is 4. The first kappa shape index (κ1) is 18.5. The van der Waals surface area contributed by atoms with Crippen LogP contribution < -0.4 is 16.3 Å². The molecular weight excluding hydrogens is 354 g/mol. The number of aliphatic hydroxyl groups is 2. The Labute approximate surface area is 162 Å². The predicted octanol–water partition coefficient (Wildman–Crippen LogP) is 0.726. The number of nitrogens with zero attached hydrogens (tertiary/aromatic N) is 4. The van der Waals surface area contributed by atoms with Gasteiger partial charge in [-0.05, 0) is 50.4 Å².